The first-order valence-electron chi connectivity index (χ1n) is 10.6. The molecule has 0 atom stereocenters. The number of esters is 1. The molecule has 7 nitrogen and oxygen atoms in total. The van der Waals surface area contributed by atoms with Crippen LogP contribution in [0.2, 0.25) is 0 Å². The van der Waals surface area contributed by atoms with E-state index in [1.54, 1.807) is 18.3 Å². The zero-order chi connectivity index (χ0) is 23.1. The van der Waals surface area contributed by atoms with E-state index in [0.717, 1.165) is 29.9 Å². The third-order valence-corrected chi connectivity index (χ3v) is 5.18. The Bertz CT molecular complexity index is 1050. The predicted octanol–water partition coefficient (Wildman–Crippen LogP) is 3.70. The molecular weight excluding hydrogens is 404 g/mol. The number of ether oxygens (including phenoxy) is 1. The Labute approximate surface area is 188 Å². The molecule has 2 aromatic rings. The fraction of sp³-hybridized carbons (Fsp3) is 0.280. The minimum absolute atomic E-state index is 0.210. The first-order valence-corrected chi connectivity index (χ1v) is 10.6. The molecule has 32 heavy (non-hydrogen) atoms. The lowest BCUT2D eigenvalue weighted by atomic mass is 10.1. The highest BCUT2D eigenvalue weighted by Gasteiger charge is 2.30. The van der Waals surface area contributed by atoms with Gasteiger partial charge in [-0.05, 0) is 50.6 Å². The summed E-state index contributed by atoms with van der Waals surface area (Å²) in [6, 6.07) is 11.8. The van der Waals surface area contributed by atoms with Gasteiger partial charge < -0.3 is 9.64 Å². The number of carbonyl (C=O) groups is 2. The van der Waals surface area contributed by atoms with Crippen LogP contribution in [0.15, 0.2) is 59.4 Å². The first kappa shape index (κ1) is 22.9. The second-order valence-electron chi connectivity index (χ2n) is 7.32. The maximum absolute atomic E-state index is 13.0. The molecule has 0 unspecified atom stereocenters. The van der Waals surface area contributed by atoms with Gasteiger partial charge in [0.2, 0.25) is 0 Å². The molecule has 1 aliphatic heterocycles. The molecule has 0 fully saturated rings. The van der Waals surface area contributed by atoms with Gasteiger partial charge in [0.05, 0.1) is 24.7 Å². The zero-order valence-electron chi connectivity index (χ0n) is 18.9. The fourth-order valence-corrected chi connectivity index (χ4v) is 3.29. The van der Waals surface area contributed by atoms with Gasteiger partial charge in [0.25, 0.3) is 5.91 Å². The van der Waals surface area contributed by atoms with Crippen LogP contribution in [-0.2, 0) is 14.3 Å². The number of amides is 1. The van der Waals surface area contributed by atoms with Crippen molar-refractivity contribution < 1.29 is 14.3 Å². The average molecular weight is 433 g/mol. The van der Waals surface area contributed by atoms with Crippen LogP contribution < -0.4 is 4.90 Å². The number of aromatic nitrogens is 1. The number of pyridine rings is 1. The topological polar surface area (TPSA) is 75.1 Å². The van der Waals surface area contributed by atoms with Crippen molar-refractivity contribution in [2.24, 2.45) is 4.99 Å². The second-order valence-corrected chi connectivity index (χ2v) is 7.32. The van der Waals surface area contributed by atoms with Crippen molar-refractivity contribution in [1.82, 2.24) is 9.88 Å². The molecule has 2 heterocycles. The van der Waals surface area contributed by atoms with E-state index in [1.165, 1.54) is 12.0 Å². The van der Waals surface area contributed by atoms with Crippen LogP contribution in [0.25, 0.3) is 12.2 Å². The van der Waals surface area contributed by atoms with Crippen LogP contribution in [0.3, 0.4) is 0 Å². The van der Waals surface area contributed by atoms with Crippen LogP contribution in [0, 0.1) is 6.92 Å². The first-order chi connectivity index (χ1) is 15.4. The van der Waals surface area contributed by atoms with Crippen LogP contribution in [0.5, 0.6) is 0 Å². The molecule has 0 saturated heterocycles. The molecule has 0 N–H and O–H groups in total. The van der Waals surface area contributed by atoms with Crippen molar-refractivity contribution >= 4 is 35.6 Å². The number of amidine groups is 1. The van der Waals surface area contributed by atoms with Gasteiger partial charge in [-0.25, -0.2) is 4.99 Å². The highest BCUT2D eigenvalue weighted by molar-refractivity contribution is 6.19. The average Bonchev–Trinajstić information content (AvgIpc) is 3.09. The largest absolute Gasteiger partial charge is 0.468 e. The minimum Gasteiger partial charge on any atom is -0.468 e. The maximum Gasteiger partial charge on any atom is 0.325 e. The standard InChI is InChI=1S/C25H28N4O3/c1-5-28(6-2)21-13-12-20(26-16-21)15-22-25(31)29(17-24(30)32-4)23(27-22)14-11-19-9-7-18(3)8-10-19/h7-16H,5-6,17H2,1-4H3/b14-11+,22-15-. The maximum atomic E-state index is 13.0. The molecule has 0 spiro atoms. The van der Waals surface area contributed by atoms with Gasteiger partial charge in [0.1, 0.15) is 18.1 Å². The smallest absolute Gasteiger partial charge is 0.325 e. The Morgan fingerprint density at radius 1 is 1.09 bits per heavy atom. The second kappa shape index (κ2) is 10.5. The molecule has 1 aliphatic rings. The van der Waals surface area contributed by atoms with E-state index in [1.807, 2.05) is 49.4 Å². The summed E-state index contributed by atoms with van der Waals surface area (Å²) in [5, 5.41) is 0. The summed E-state index contributed by atoms with van der Waals surface area (Å²) in [5.74, 6) is -0.502. The monoisotopic (exact) mass is 432 g/mol. The van der Waals surface area contributed by atoms with Crippen LogP contribution in [0.1, 0.15) is 30.7 Å². The minimum atomic E-state index is -0.516. The van der Waals surface area contributed by atoms with E-state index in [2.05, 4.69) is 28.7 Å². The Balaban J connectivity index is 1.88. The third-order valence-electron chi connectivity index (χ3n) is 5.18. The number of aliphatic imine (C=N–C) groups is 1. The molecule has 1 aromatic heterocycles. The van der Waals surface area contributed by atoms with Crippen molar-refractivity contribution in [2.45, 2.75) is 20.8 Å². The van der Waals surface area contributed by atoms with Gasteiger partial charge in [-0.1, -0.05) is 35.9 Å². The summed E-state index contributed by atoms with van der Waals surface area (Å²) in [5.41, 5.74) is 3.99. The lowest BCUT2D eigenvalue weighted by Gasteiger charge is -2.20. The summed E-state index contributed by atoms with van der Waals surface area (Å²) in [4.78, 5) is 37.2. The molecule has 0 saturated carbocycles. The molecule has 0 bridgehead atoms. The van der Waals surface area contributed by atoms with Crippen LogP contribution in [-0.4, -0.2) is 54.3 Å². The Morgan fingerprint density at radius 2 is 1.81 bits per heavy atom. The number of benzene rings is 1. The van der Waals surface area contributed by atoms with Crippen molar-refractivity contribution in [3.8, 4) is 0 Å². The summed E-state index contributed by atoms with van der Waals surface area (Å²) < 4.78 is 4.75. The van der Waals surface area contributed by atoms with E-state index in [-0.39, 0.29) is 18.1 Å². The van der Waals surface area contributed by atoms with E-state index in [4.69, 9.17) is 4.74 Å². The Morgan fingerprint density at radius 3 is 2.41 bits per heavy atom. The molecule has 0 radical (unpaired) electrons. The number of aryl methyl sites for hydroxylation is 1. The number of rotatable bonds is 8. The van der Waals surface area contributed by atoms with Crippen molar-refractivity contribution in [2.75, 3.05) is 31.6 Å². The number of hydrogen-bond acceptors (Lipinski definition) is 6. The van der Waals surface area contributed by atoms with Crippen molar-refractivity contribution in [3.63, 3.8) is 0 Å². The highest BCUT2D eigenvalue weighted by Crippen LogP contribution is 2.20. The molecule has 7 heteroatoms. The molecule has 1 amide bonds. The van der Waals surface area contributed by atoms with Crippen LogP contribution >= 0.6 is 0 Å². The molecule has 1 aromatic carbocycles. The quantitative estimate of drug-likeness (QED) is 0.470. The van der Waals surface area contributed by atoms with E-state index >= 15 is 0 Å². The molecule has 166 valence electrons. The van der Waals surface area contributed by atoms with Gasteiger partial charge in [0.15, 0.2) is 0 Å². The van der Waals surface area contributed by atoms with E-state index in [0.29, 0.717) is 11.5 Å². The number of hydrogen-bond donors (Lipinski definition) is 0. The van der Waals surface area contributed by atoms with Gasteiger partial charge >= 0.3 is 5.97 Å². The zero-order valence-corrected chi connectivity index (χ0v) is 18.9. The van der Waals surface area contributed by atoms with Crippen molar-refractivity contribution in [1.29, 1.82) is 0 Å². The molecule has 3 rings (SSSR count). The number of nitrogens with zero attached hydrogens (tertiary/aromatic N) is 4. The Kier molecular flexibility index (Phi) is 7.54. The highest BCUT2D eigenvalue weighted by atomic mass is 16.5. The van der Waals surface area contributed by atoms with Gasteiger partial charge in [-0.15, -0.1) is 0 Å². The van der Waals surface area contributed by atoms with Gasteiger partial charge in [-0.2, -0.15) is 0 Å². The van der Waals surface area contributed by atoms with Crippen molar-refractivity contribution in [3.05, 3.63) is 71.2 Å². The number of anilines is 1. The predicted molar refractivity (Wildman–Crippen MR) is 127 cm³/mol. The third kappa shape index (κ3) is 5.49. The van der Waals surface area contributed by atoms with Crippen LogP contribution in [0.4, 0.5) is 5.69 Å². The van der Waals surface area contributed by atoms with E-state index in [9.17, 15) is 9.59 Å². The lowest BCUT2D eigenvalue weighted by Crippen LogP contribution is -2.36. The summed E-state index contributed by atoms with van der Waals surface area (Å²) >= 11 is 0. The normalized spacial score (nSPS) is 14.9. The summed E-state index contributed by atoms with van der Waals surface area (Å²) in [6.45, 7) is 7.77. The van der Waals surface area contributed by atoms with Gasteiger partial charge in [-0.3, -0.25) is 19.5 Å². The van der Waals surface area contributed by atoms with Gasteiger partial charge in [0, 0.05) is 13.1 Å². The SMILES string of the molecule is CCN(CC)c1ccc(/C=C2N=C(/C=C/c3ccc(C)cc3)N(CC(=O)OC)C\2=O)nc1. The summed E-state index contributed by atoms with van der Waals surface area (Å²) in [6.07, 6.45) is 7.00. The van der Waals surface area contributed by atoms with E-state index < -0.39 is 5.97 Å². The number of methoxy groups -OCH3 is 1. The molecular formula is C25H28N4O3. The fourth-order valence-electron chi connectivity index (χ4n) is 3.29. The molecule has 0 aliphatic carbocycles. The lowest BCUT2D eigenvalue weighted by molar-refractivity contribution is -0.143. The summed E-state index contributed by atoms with van der Waals surface area (Å²) in [7, 11) is 1.29. The number of carbonyl (C=O) groups excluding carboxylic acids is 2. The Hall–Kier alpha value is -3.74.